The highest BCUT2D eigenvalue weighted by atomic mass is 16.1. The normalized spacial score (nSPS) is 10.1. The molecular weight excluding hydrogens is 250 g/mol. The smallest absolute Gasteiger partial charge is 0.228 e. The average Bonchev–Trinajstić information content (AvgIpc) is 2.43. The molecule has 0 aliphatic carbocycles. The van der Waals surface area contributed by atoms with Crippen molar-refractivity contribution in [3.05, 3.63) is 64.7 Å². The van der Waals surface area contributed by atoms with Crippen molar-refractivity contribution in [3.63, 3.8) is 0 Å². The first-order valence-electron chi connectivity index (χ1n) is 6.50. The zero-order valence-electron chi connectivity index (χ0n) is 11.6. The van der Waals surface area contributed by atoms with Crippen LogP contribution in [0.3, 0.4) is 0 Å². The van der Waals surface area contributed by atoms with Gasteiger partial charge in [0.2, 0.25) is 5.91 Å². The van der Waals surface area contributed by atoms with Crippen LogP contribution < -0.4 is 5.32 Å². The lowest BCUT2D eigenvalue weighted by Crippen LogP contribution is -2.14. The number of nitrogens with one attached hydrogen (secondary N) is 1. The lowest BCUT2D eigenvalue weighted by molar-refractivity contribution is -0.115. The fourth-order valence-corrected chi connectivity index (χ4v) is 1.99. The molecule has 0 spiro atoms. The monoisotopic (exact) mass is 267 g/mol. The Labute approximate surface area is 118 Å². The van der Waals surface area contributed by atoms with E-state index in [1.54, 1.807) is 24.3 Å². The van der Waals surface area contributed by atoms with Crippen LogP contribution in [0.5, 0.6) is 0 Å². The van der Waals surface area contributed by atoms with E-state index in [1.807, 2.05) is 32.0 Å². The molecule has 0 saturated heterocycles. The maximum Gasteiger partial charge on any atom is 0.228 e. The molecule has 1 amide bonds. The van der Waals surface area contributed by atoms with Crippen LogP contribution in [-0.2, 0) is 11.2 Å². The summed E-state index contributed by atoms with van der Waals surface area (Å²) < 4.78 is 0. The molecule has 102 valence electrons. The Balaban J connectivity index is 2.04. The molecule has 20 heavy (non-hydrogen) atoms. The molecule has 0 aliphatic heterocycles. The fraction of sp³-hybridized carbons (Fsp3) is 0.176. The van der Waals surface area contributed by atoms with Gasteiger partial charge in [-0.05, 0) is 42.7 Å². The third kappa shape index (κ3) is 3.54. The predicted octanol–water partition coefficient (Wildman–Crippen LogP) is 3.30. The van der Waals surface area contributed by atoms with Gasteiger partial charge in [-0.15, -0.1) is 0 Å². The topological polar surface area (TPSA) is 46.2 Å². The van der Waals surface area contributed by atoms with Crippen LogP contribution in [0.15, 0.2) is 42.5 Å². The highest BCUT2D eigenvalue weighted by Gasteiger charge is 2.05. The highest BCUT2D eigenvalue weighted by Crippen LogP contribution is 2.13. The summed E-state index contributed by atoms with van der Waals surface area (Å²) in [7, 11) is 0. The van der Waals surface area contributed by atoms with Gasteiger partial charge >= 0.3 is 0 Å². The largest absolute Gasteiger partial charge is 0.326 e. The molecule has 0 heterocycles. The van der Waals surface area contributed by atoms with Crippen LogP contribution in [0.2, 0.25) is 0 Å². The standard InChI is InChI=1S/C17H17NO2/c1-12-6-7-14(8-13(12)2)10-17(20)18-16-5-3-4-15(9-16)11-19/h3-9,11H,10H2,1-2H3,(H,18,20). The number of aryl methyl sites for hydroxylation is 2. The van der Waals surface area contributed by atoms with Gasteiger partial charge in [0.1, 0.15) is 6.29 Å². The minimum atomic E-state index is -0.0868. The summed E-state index contributed by atoms with van der Waals surface area (Å²) in [6, 6.07) is 12.9. The van der Waals surface area contributed by atoms with E-state index in [-0.39, 0.29) is 5.91 Å². The molecule has 0 aliphatic rings. The molecule has 0 saturated carbocycles. The van der Waals surface area contributed by atoms with Crippen molar-refractivity contribution in [3.8, 4) is 0 Å². The van der Waals surface area contributed by atoms with Gasteiger partial charge in [0, 0.05) is 11.3 Å². The quantitative estimate of drug-likeness (QED) is 0.864. The van der Waals surface area contributed by atoms with Crippen LogP contribution in [0.25, 0.3) is 0 Å². The Morgan fingerprint density at radius 1 is 1.10 bits per heavy atom. The summed E-state index contributed by atoms with van der Waals surface area (Å²) in [6.07, 6.45) is 1.09. The second kappa shape index (κ2) is 6.15. The highest BCUT2D eigenvalue weighted by molar-refractivity contribution is 5.93. The second-order valence-corrected chi connectivity index (χ2v) is 4.89. The van der Waals surface area contributed by atoms with E-state index in [4.69, 9.17) is 0 Å². The van der Waals surface area contributed by atoms with Crippen LogP contribution in [0.1, 0.15) is 27.0 Å². The number of amides is 1. The van der Waals surface area contributed by atoms with Gasteiger partial charge in [-0.3, -0.25) is 9.59 Å². The van der Waals surface area contributed by atoms with Crippen LogP contribution in [0.4, 0.5) is 5.69 Å². The van der Waals surface area contributed by atoms with E-state index in [0.29, 0.717) is 17.7 Å². The van der Waals surface area contributed by atoms with Gasteiger partial charge in [-0.25, -0.2) is 0 Å². The molecule has 0 fully saturated rings. The lowest BCUT2D eigenvalue weighted by Gasteiger charge is -2.07. The molecule has 0 aromatic heterocycles. The Morgan fingerprint density at radius 3 is 2.60 bits per heavy atom. The number of benzene rings is 2. The molecule has 2 aromatic rings. The van der Waals surface area contributed by atoms with Gasteiger partial charge in [0.05, 0.1) is 6.42 Å². The van der Waals surface area contributed by atoms with Gasteiger partial charge < -0.3 is 5.32 Å². The average molecular weight is 267 g/mol. The maximum absolute atomic E-state index is 12.0. The Kier molecular flexibility index (Phi) is 4.31. The summed E-state index contributed by atoms with van der Waals surface area (Å²) in [4.78, 5) is 22.7. The number of rotatable bonds is 4. The van der Waals surface area contributed by atoms with E-state index >= 15 is 0 Å². The summed E-state index contributed by atoms with van der Waals surface area (Å²) in [5, 5.41) is 2.80. The summed E-state index contributed by atoms with van der Waals surface area (Å²) in [5.74, 6) is -0.0868. The maximum atomic E-state index is 12.0. The van der Waals surface area contributed by atoms with Crippen molar-refractivity contribution in [2.45, 2.75) is 20.3 Å². The first-order valence-corrected chi connectivity index (χ1v) is 6.50. The van der Waals surface area contributed by atoms with Crippen molar-refractivity contribution >= 4 is 17.9 Å². The number of hydrogen-bond acceptors (Lipinski definition) is 2. The Morgan fingerprint density at radius 2 is 1.90 bits per heavy atom. The summed E-state index contributed by atoms with van der Waals surface area (Å²) >= 11 is 0. The number of carbonyl (C=O) groups excluding carboxylic acids is 2. The van der Waals surface area contributed by atoms with Gasteiger partial charge in [0.25, 0.3) is 0 Å². The zero-order chi connectivity index (χ0) is 14.5. The third-order valence-electron chi connectivity index (χ3n) is 3.24. The molecule has 3 nitrogen and oxygen atoms in total. The molecule has 0 radical (unpaired) electrons. The van der Waals surface area contributed by atoms with Crippen LogP contribution in [-0.4, -0.2) is 12.2 Å². The molecule has 2 rings (SSSR count). The van der Waals surface area contributed by atoms with E-state index in [0.717, 1.165) is 11.8 Å². The van der Waals surface area contributed by atoms with Gasteiger partial charge in [-0.2, -0.15) is 0 Å². The minimum Gasteiger partial charge on any atom is -0.326 e. The summed E-state index contributed by atoms with van der Waals surface area (Å²) in [5.41, 5.74) is 4.57. The van der Waals surface area contributed by atoms with E-state index in [2.05, 4.69) is 5.32 Å². The van der Waals surface area contributed by atoms with Crippen molar-refractivity contribution in [2.75, 3.05) is 5.32 Å². The molecule has 0 unspecified atom stereocenters. The van der Waals surface area contributed by atoms with Crippen molar-refractivity contribution in [1.82, 2.24) is 0 Å². The van der Waals surface area contributed by atoms with Crippen LogP contribution >= 0.6 is 0 Å². The van der Waals surface area contributed by atoms with Crippen LogP contribution in [0, 0.1) is 13.8 Å². The zero-order valence-corrected chi connectivity index (χ0v) is 11.6. The first kappa shape index (κ1) is 14.0. The molecule has 0 atom stereocenters. The van der Waals surface area contributed by atoms with Crippen molar-refractivity contribution in [2.24, 2.45) is 0 Å². The molecule has 0 bridgehead atoms. The van der Waals surface area contributed by atoms with E-state index in [1.165, 1.54) is 11.1 Å². The first-order chi connectivity index (χ1) is 9.58. The van der Waals surface area contributed by atoms with E-state index in [9.17, 15) is 9.59 Å². The summed E-state index contributed by atoms with van der Waals surface area (Å²) in [6.45, 7) is 4.08. The second-order valence-electron chi connectivity index (χ2n) is 4.89. The minimum absolute atomic E-state index is 0.0868. The lowest BCUT2D eigenvalue weighted by atomic mass is 10.0. The van der Waals surface area contributed by atoms with Crippen molar-refractivity contribution in [1.29, 1.82) is 0 Å². The predicted molar refractivity (Wildman–Crippen MR) is 80.1 cm³/mol. The number of carbonyl (C=O) groups is 2. The number of hydrogen-bond donors (Lipinski definition) is 1. The molecular formula is C17H17NO2. The van der Waals surface area contributed by atoms with Gasteiger partial charge in [0.15, 0.2) is 0 Å². The van der Waals surface area contributed by atoms with E-state index < -0.39 is 0 Å². The van der Waals surface area contributed by atoms with Gasteiger partial charge in [-0.1, -0.05) is 30.3 Å². The van der Waals surface area contributed by atoms with Crippen molar-refractivity contribution < 1.29 is 9.59 Å². The molecule has 1 N–H and O–H groups in total. The third-order valence-corrected chi connectivity index (χ3v) is 3.24. The Hall–Kier alpha value is -2.42. The Bertz CT molecular complexity index is 647. The number of aldehydes is 1. The molecule has 3 heteroatoms. The number of anilines is 1. The fourth-order valence-electron chi connectivity index (χ4n) is 1.99. The SMILES string of the molecule is Cc1ccc(CC(=O)Nc2cccc(C=O)c2)cc1C. The molecule has 2 aromatic carbocycles.